The second-order valence-corrected chi connectivity index (χ2v) is 7.02. The molecule has 2 aromatic carbocycles. The average Bonchev–Trinajstić information content (AvgIpc) is 3.24. The molecule has 0 saturated heterocycles. The molecule has 4 rings (SSSR count). The molecule has 0 aliphatic heterocycles. The monoisotopic (exact) mass is 442 g/mol. The van der Waals surface area contributed by atoms with E-state index in [9.17, 15) is 9.18 Å². The Morgan fingerprint density at radius 3 is 2.47 bits per heavy atom. The molecule has 2 aromatic heterocycles. The minimum atomic E-state index is -0.744. The van der Waals surface area contributed by atoms with E-state index in [1.807, 2.05) is 0 Å². The Morgan fingerprint density at radius 1 is 1.03 bits per heavy atom. The van der Waals surface area contributed by atoms with Crippen LogP contribution in [0.3, 0.4) is 0 Å². The molecule has 0 atom stereocenters. The summed E-state index contributed by atoms with van der Waals surface area (Å²) in [6.45, 7) is 0. The molecule has 0 fully saturated rings. The van der Waals surface area contributed by atoms with Crippen LogP contribution in [-0.2, 0) is 0 Å². The number of carbonyl (C=O) groups excluding carboxylic acids is 1. The number of nitrogens with two attached hydrogens (primary N) is 1. The van der Waals surface area contributed by atoms with Gasteiger partial charge in [0, 0.05) is 21.8 Å². The first kappa shape index (κ1) is 19.8. The van der Waals surface area contributed by atoms with Crippen molar-refractivity contribution >= 4 is 40.5 Å². The highest BCUT2D eigenvalue weighted by atomic mass is 35.5. The second-order valence-electron chi connectivity index (χ2n) is 6.20. The number of para-hydroxylation sites is 1. The van der Waals surface area contributed by atoms with Gasteiger partial charge >= 0.3 is 0 Å². The van der Waals surface area contributed by atoms with Crippen molar-refractivity contribution in [2.45, 2.75) is 0 Å². The minimum absolute atomic E-state index is 0.190. The van der Waals surface area contributed by atoms with Crippen molar-refractivity contribution in [3.8, 4) is 16.9 Å². The van der Waals surface area contributed by atoms with Gasteiger partial charge in [-0.3, -0.25) is 4.79 Å². The summed E-state index contributed by atoms with van der Waals surface area (Å²) >= 11 is 12.5. The van der Waals surface area contributed by atoms with Gasteiger partial charge in [0.05, 0.1) is 34.9 Å². The van der Waals surface area contributed by atoms with Gasteiger partial charge in [-0.25, -0.2) is 9.37 Å². The van der Waals surface area contributed by atoms with Crippen molar-refractivity contribution in [3.05, 3.63) is 82.5 Å². The van der Waals surface area contributed by atoms with E-state index in [-0.39, 0.29) is 21.3 Å². The number of nitrogens with zero attached hydrogens (tertiary/aromatic N) is 4. The quantitative estimate of drug-likeness (QED) is 0.449. The lowest BCUT2D eigenvalue weighted by molar-refractivity contribution is 0.102. The third-order valence-corrected chi connectivity index (χ3v) is 4.83. The average molecular weight is 443 g/mol. The summed E-state index contributed by atoms with van der Waals surface area (Å²) in [6.07, 6.45) is 4.32. The van der Waals surface area contributed by atoms with E-state index < -0.39 is 11.7 Å². The number of rotatable bonds is 4. The molecule has 30 heavy (non-hydrogen) atoms. The summed E-state index contributed by atoms with van der Waals surface area (Å²) in [5.74, 6) is -1.16. The Hall–Kier alpha value is -3.49. The molecule has 0 bridgehead atoms. The van der Waals surface area contributed by atoms with Gasteiger partial charge in [-0.05, 0) is 24.3 Å². The van der Waals surface area contributed by atoms with Gasteiger partial charge in [0.15, 0.2) is 5.82 Å². The van der Waals surface area contributed by atoms with Crippen molar-refractivity contribution in [2.75, 3.05) is 11.1 Å². The van der Waals surface area contributed by atoms with Crippen LogP contribution in [0.25, 0.3) is 16.9 Å². The van der Waals surface area contributed by atoms with Crippen molar-refractivity contribution < 1.29 is 9.18 Å². The van der Waals surface area contributed by atoms with Crippen molar-refractivity contribution in [1.82, 2.24) is 20.0 Å². The zero-order chi connectivity index (χ0) is 21.3. The van der Waals surface area contributed by atoms with E-state index in [2.05, 4.69) is 20.5 Å². The summed E-state index contributed by atoms with van der Waals surface area (Å²) in [7, 11) is 0. The van der Waals surface area contributed by atoms with Gasteiger partial charge in [-0.15, -0.1) is 4.80 Å². The Labute approximate surface area is 180 Å². The lowest BCUT2D eigenvalue weighted by atomic mass is 10.0. The first-order valence-corrected chi connectivity index (χ1v) is 9.37. The molecule has 0 saturated carbocycles. The van der Waals surface area contributed by atoms with E-state index in [1.165, 1.54) is 41.6 Å². The number of amides is 1. The summed E-state index contributed by atoms with van der Waals surface area (Å²) in [4.78, 5) is 18.0. The first-order valence-electron chi connectivity index (χ1n) is 8.61. The molecular weight excluding hydrogens is 430 g/mol. The third kappa shape index (κ3) is 3.83. The van der Waals surface area contributed by atoms with Crippen LogP contribution in [0.1, 0.15) is 10.4 Å². The number of hydrogen-bond donors (Lipinski definition) is 2. The predicted octanol–water partition coefficient (Wildman–Crippen LogP) is 4.61. The Bertz CT molecular complexity index is 1250. The largest absolute Gasteiger partial charge is 0.398 e. The van der Waals surface area contributed by atoms with Gasteiger partial charge in [0.25, 0.3) is 5.91 Å². The van der Waals surface area contributed by atoms with Gasteiger partial charge in [-0.2, -0.15) is 10.2 Å². The summed E-state index contributed by atoms with van der Waals surface area (Å²) < 4.78 is 14.7. The number of aromatic nitrogens is 4. The molecule has 0 aliphatic rings. The number of benzene rings is 2. The fraction of sp³-hybridized carbons (Fsp3) is 0. The van der Waals surface area contributed by atoms with Crippen LogP contribution in [0.4, 0.5) is 15.8 Å². The van der Waals surface area contributed by atoms with Crippen LogP contribution in [-0.4, -0.2) is 25.9 Å². The Morgan fingerprint density at radius 2 is 1.77 bits per heavy atom. The molecule has 150 valence electrons. The van der Waals surface area contributed by atoms with Gasteiger partial charge in [-0.1, -0.05) is 41.4 Å². The van der Waals surface area contributed by atoms with Crippen LogP contribution in [0.5, 0.6) is 0 Å². The normalized spacial score (nSPS) is 10.8. The molecule has 2 heterocycles. The summed E-state index contributed by atoms with van der Waals surface area (Å²) in [5, 5.41) is 10.8. The number of carbonyl (C=O) groups is 1. The lowest BCUT2D eigenvalue weighted by Gasteiger charge is -2.12. The summed E-state index contributed by atoms with van der Waals surface area (Å²) in [5.41, 5.74) is 7.40. The molecule has 3 N–H and O–H groups in total. The van der Waals surface area contributed by atoms with E-state index in [0.29, 0.717) is 22.6 Å². The highest BCUT2D eigenvalue weighted by Gasteiger charge is 2.18. The van der Waals surface area contributed by atoms with Crippen LogP contribution in [0.15, 0.2) is 61.1 Å². The fourth-order valence-corrected chi connectivity index (χ4v) is 3.35. The second kappa shape index (κ2) is 8.10. The molecule has 10 heteroatoms. The first-order chi connectivity index (χ1) is 14.4. The van der Waals surface area contributed by atoms with E-state index in [0.717, 1.165) is 0 Å². The molecule has 0 aliphatic carbocycles. The van der Waals surface area contributed by atoms with Crippen LogP contribution >= 0.6 is 23.2 Å². The fourth-order valence-electron chi connectivity index (χ4n) is 2.84. The van der Waals surface area contributed by atoms with Gasteiger partial charge in [0.1, 0.15) is 5.82 Å². The van der Waals surface area contributed by atoms with Crippen molar-refractivity contribution in [3.63, 3.8) is 0 Å². The van der Waals surface area contributed by atoms with Gasteiger partial charge in [0.2, 0.25) is 0 Å². The summed E-state index contributed by atoms with van der Waals surface area (Å²) in [6, 6.07) is 10.8. The zero-order valence-electron chi connectivity index (χ0n) is 15.2. The molecule has 7 nitrogen and oxygen atoms in total. The van der Waals surface area contributed by atoms with E-state index in [1.54, 1.807) is 24.3 Å². The van der Waals surface area contributed by atoms with E-state index >= 15 is 0 Å². The zero-order valence-corrected chi connectivity index (χ0v) is 16.7. The molecule has 1 amide bonds. The number of anilines is 2. The maximum atomic E-state index is 14.7. The predicted molar refractivity (Wildman–Crippen MR) is 113 cm³/mol. The third-order valence-electron chi connectivity index (χ3n) is 4.24. The van der Waals surface area contributed by atoms with Crippen molar-refractivity contribution in [2.24, 2.45) is 0 Å². The minimum Gasteiger partial charge on any atom is -0.398 e. The van der Waals surface area contributed by atoms with Crippen molar-refractivity contribution in [1.29, 1.82) is 0 Å². The number of hydrogen-bond acceptors (Lipinski definition) is 5. The number of nitrogen functional groups attached to an aromatic ring is 1. The molecule has 0 spiro atoms. The van der Waals surface area contributed by atoms with Crippen LogP contribution in [0, 0.1) is 5.82 Å². The van der Waals surface area contributed by atoms with Crippen LogP contribution in [0.2, 0.25) is 10.0 Å². The number of halogens is 3. The molecule has 4 aromatic rings. The Kier molecular flexibility index (Phi) is 5.35. The number of pyridine rings is 1. The smallest absolute Gasteiger partial charge is 0.258 e. The standard InChI is InChI=1S/C20H13Cl2FN6O/c21-15-8-14(17(23)9-13(15)12-3-1-2-4-18(12)24)20(30)28-11-7-16(22)19(25-10-11)29-26-5-6-27-29/h1-10H,24H2,(H,28,30). The SMILES string of the molecule is Nc1ccccc1-c1cc(F)c(C(=O)Nc2cnc(-n3nccn3)c(Cl)c2)cc1Cl. The van der Waals surface area contributed by atoms with Crippen LogP contribution < -0.4 is 11.1 Å². The maximum Gasteiger partial charge on any atom is 0.258 e. The highest BCUT2D eigenvalue weighted by molar-refractivity contribution is 6.34. The molecule has 0 radical (unpaired) electrons. The highest BCUT2D eigenvalue weighted by Crippen LogP contribution is 2.34. The Balaban J connectivity index is 1.60. The molecule has 0 unspecified atom stereocenters. The topological polar surface area (TPSA) is 98.7 Å². The number of nitrogens with one attached hydrogen (secondary N) is 1. The van der Waals surface area contributed by atoms with Gasteiger partial charge < -0.3 is 11.1 Å². The maximum absolute atomic E-state index is 14.7. The molecular formula is C20H13Cl2FN6O. The lowest BCUT2D eigenvalue weighted by Crippen LogP contribution is -2.15. The van der Waals surface area contributed by atoms with E-state index in [4.69, 9.17) is 28.9 Å².